The lowest BCUT2D eigenvalue weighted by Crippen LogP contribution is -2.30. The molecule has 115 heavy (non-hydrogen) atoms. The maximum atomic E-state index is 13.0. The van der Waals surface area contributed by atoms with Crippen molar-refractivity contribution < 1.29 is 75.8 Å². The smallest absolute Gasteiger partial charge is 0.463 e. The Hall–Kier alpha value is -4.31. The molecule has 4 N–H and O–H groups in total. The number of carbonyl (C=O) groups is 3. The molecule has 0 bridgehead atoms. The van der Waals surface area contributed by atoms with Crippen LogP contribution in [0.4, 0.5) is 0 Å². The summed E-state index contributed by atoms with van der Waals surface area (Å²) in [7, 11) is -9.80. The lowest BCUT2D eigenvalue weighted by atomic mass is 10.0. The van der Waals surface area contributed by atoms with Gasteiger partial charge in [-0.1, -0.05) is 379 Å². The van der Waals surface area contributed by atoms with Crippen LogP contribution in [0.3, 0.4) is 0 Å². The number of rotatable bonds is 88. The predicted molar refractivity (Wildman–Crippen MR) is 482 cm³/mol. The van der Waals surface area contributed by atoms with Gasteiger partial charge >= 0.3 is 33.6 Å². The number of allylic oxidation sites excluding steroid dienone is 22. The average Bonchev–Trinajstić information content (AvgIpc) is 0.891. The van der Waals surface area contributed by atoms with Crippen molar-refractivity contribution in [3.05, 3.63) is 134 Å². The van der Waals surface area contributed by atoms with E-state index < -0.39 is 91.5 Å². The molecule has 5 unspecified atom stereocenters. The summed E-state index contributed by atoms with van der Waals surface area (Å²) in [5, 5.41) is 20.7. The molecule has 0 radical (unpaired) electrons. The van der Waals surface area contributed by atoms with Gasteiger partial charge in [-0.25, -0.2) is 9.13 Å². The van der Waals surface area contributed by atoms with Crippen molar-refractivity contribution in [2.75, 3.05) is 39.6 Å². The molecule has 18 heteroatoms. The molecule has 0 aliphatic carbocycles. The number of hydrogen-bond donors (Lipinski definition) is 4. The number of carbonyl (C=O) groups excluding carboxylic acids is 3. The molecule has 0 saturated carbocycles. The lowest BCUT2D eigenvalue weighted by molar-refractivity contribution is -0.161. The van der Waals surface area contributed by atoms with Crippen molar-refractivity contribution >= 4 is 33.6 Å². The normalized spacial score (nSPS) is 14.4. The first-order valence-corrected chi connectivity index (χ1v) is 49.5. The number of phosphoric acid groups is 2. The van der Waals surface area contributed by atoms with Crippen molar-refractivity contribution in [1.82, 2.24) is 0 Å². The van der Waals surface area contributed by atoms with Crippen LogP contribution in [0.2, 0.25) is 0 Å². The predicted octanol–water partition coefficient (Wildman–Crippen LogP) is 28.6. The summed E-state index contributed by atoms with van der Waals surface area (Å²) in [4.78, 5) is 58.9. The highest BCUT2D eigenvalue weighted by atomic mass is 31.2. The molecule has 0 aromatic rings. The van der Waals surface area contributed by atoms with Crippen LogP contribution >= 0.6 is 15.6 Å². The highest BCUT2D eigenvalue weighted by Crippen LogP contribution is 2.45. The van der Waals surface area contributed by atoms with Crippen molar-refractivity contribution in [3.63, 3.8) is 0 Å². The van der Waals surface area contributed by atoms with Crippen LogP contribution in [0.1, 0.15) is 406 Å². The van der Waals surface area contributed by atoms with Gasteiger partial charge < -0.3 is 34.2 Å². The second-order valence-corrected chi connectivity index (χ2v) is 34.0. The fraction of sp³-hybridized carbons (Fsp3) is 0.742. The molecule has 0 spiro atoms. The zero-order valence-corrected chi connectivity index (χ0v) is 75.0. The molecular weight excluding hydrogens is 1480 g/mol. The highest BCUT2D eigenvalue weighted by Gasteiger charge is 2.29. The van der Waals surface area contributed by atoms with Crippen molar-refractivity contribution in [2.24, 2.45) is 0 Å². The number of ether oxygens (including phenoxy) is 3. The molecule has 16 nitrogen and oxygen atoms in total. The third kappa shape index (κ3) is 90.3. The Morgan fingerprint density at radius 1 is 0.252 bits per heavy atom. The third-order valence-electron chi connectivity index (χ3n) is 19.8. The van der Waals surface area contributed by atoms with Crippen LogP contribution in [0.25, 0.3) is 0 Å². The SMILES string of the molecule is CC/C=C\C/C=C\C/C=C\CCCCCCCC(=O)OC(COC(=O)CCCCCCCCCCCCCCC/C=C\C/C=C\C/C=C\C/C=C\CCCCC)COP(=O)(O)OCC(O)COP(=O)(O)OCC(O)COC(=O)CCCCCCCCCCCCCCCCCCCCC/C=C\C/C=C\C/C=C\C/C=C\CCCCC. The van der Waals surface area contributed by atoms with Gasteiger partial charge in [0.1, 0.15) is 25.4 Å². The van der Waals surface area contributed by atoms with Gasteiger partial charge in [-0.05, 0) is 141 Å². The molecule has 5 atom stereocenters. The summed E-state index contributed by atoms with van der Waals surface area (Å²) in [6, 6.07) is 0. The molecule has 0 aliphatic heterocycles. The number of aliphatic hydroxyl groups is 2. The summed E-state index contributed by atoms with van der Waals surface area (Å²) in [5.41, 5.74) is 0. The van der Waals surface area contributed by atoms with Crippen LogP contribution < -0.4 is 0 Å². The Labute approximate surface area is 703 Å². The Balaban J connectivity index is 4.42. The zero-order valence-electron chi connectivity index (χ0n) is 73.2. The Morgan fingerprint density at radius 2 is 0.461 bits per heavy atom. The van der Waals surface area contributed by atoms with E-state index in [1.54, 1.807) is 0 Å². The van der Waals surface area contributed by atoms with Crippen LogP contribution in [-0.4, -0.2) is 95.9 Å². The second-order valence-electron chi connectivity index (χ2n) is 31.1. The first-order chi connectivity index (χ1) is 56.2. The number of unbranched alkanes of at least 4 members (excludes halogenated alkanes) is 43. The largest absolute Gasteiger partial charge is 0.472 e. The highest BCUT2D eigenvalue weighted by molar-refractivity contribution is 7.47. The molecule has 0 fully saturated rings. The van der Waals surface area contributed by atoms with E-state index in [-0.39, 0.29) is 19.3 Å². The van der Waals surface area contributed by atoms with E-state index in [1.807, 2.05) is 0 Å². The maximum absolute atomic E-state index is 13.0. The van der Waals surface area contributed by atoms with Gasteiger partial charge in [-0.3, -0.25) is 32.5 Å². The van der Waals surface area contributed by atoms with Gasteiger partial charge in [0.2, 0.25) is 0 Å². The molecule has 0 aliphatic rings. The molecule has 0 amide bonds. The molecule has 0 heterocycles. The van der Waals surface area contributed by atoms with E-state index in [0.717, 1.165) is 141 Å². The third-order valence-corrected chi connectivity index (χ3v) is 21.7. The summed E-state index contributed by atoms with van der Waals surface area (Å²) in [5.74, 6) is -1.58. The van der Waals surface area contributed by atoms with E-state index >= 15 is 0 Å². The second kappa shape index (κ2) is 89.0. The minimum atomic E-state index is -4.94. The van der Waals surface area contributed by atoms with E-state index in [2.05, 4.69) is 154 Å². The number of phosphoric ester groups is 2. The van der Waals surface area contributed by atoms with Gasteiger partial charge in [-0.2, -0.15) is 0 Å². The number of aliphatic hydroxyl groups excluding tert-OH is 2. The van der Waals surface area contributed by atoms with Gasteiger partial charge in [0.25, 0.3) is 0 Å². The summed E-state index contributed by atoms with van der Waals surface area (Å²) < 4.78 is 61.4. The van der Waals surface area contributed by atoms with Crippen LogP contribution in [0.5, 0.6) is 0 Å². The minimum Gasteiger partial charge on any atom is -0.463 e. The number of esters is 3. The summed E-state index contributed by atoms with van der Waals surface area (Å²) >= 11 is 0. The van der Waals surface area contributed by atoms with Crippen molar-refractivity contribution in [3.8, 4) is 0 Å². The minimum absolute atomic E-state index is 0.0840. The van der Waals surface area contributed by atoms with Gasteiger partial charge in [0.05, 0.1) is 26.4 Å². The maximum Gasteiger partial charge on any atom is 0.472 e. The van der Waals surface area contributed by atoms with Gasteiger partial charge in [0.15, 0.2) is 6.10 Å². The quantitative estimate of drug-likeness (QED) is 0.0146. The van der Waals surface area contributed by atoms with E-state index in [4.69, 9.17) is 32.3 Å². The van der Waals surface area contributed by atoms with Crippen LogP contribution in [0.15, 0.2) is 134 Å². The Bertz CT molecular complexity index is 2620. The fourth-order valence-corrected chi connectivity index (χ4v) is 14.4. The first-order valence-electron chi connectivity index (χ1n) is 46.5. The first kappa shape index (κ1) is 111. The molecular formula is C97H170O16P2. The van der Waals surface area contributed by atoms with Crippen molar-refractivity contribution in [2.45, 2.75) is 424 Å². The number of hydrogen-bond acceptors (Lipinski definition) is 14. The molecule has 0 aromatic heterocycles. The Kier molecular flexibility index (Phi) is 85.6. The summed E-state index contributed by atoms with van der Waals surface area (Å²) in [6.45, 7) is 2.55. The Morgan fingerprint density at radius 3 is 0.730 bits per heavy atom. The monoisotopic (exact) mass is 1650 g/mol. The van der Waals surface area contributed by atoms with Crippen LogP contribution in [0, 0.1) is 0 Å². The van der Waals surface area contributed by atoms with E-state index in [1.165, 1.54) is 205 Å². The van der Waals surface area contributed by atoms with Crippen molar-refractivity contribution in [1.29, 1.82) is 0 Å². The van der Waals surface area contributed by atoms with Gasteiger partial charge in [-0.15, -0.1) is 0 Å². The standard InChI is InChI=1S/C97H170O16P2/c1-4-7-10-13-16-19-22-25-28-30-32-34-36-38-40-42-43-44-45-46-47-49-51-52-54-56-58-60-63-65-68-71-74-77-80-83-95(100)107-86-92(98)87-109-114(103,104)110-88-93(99)89-111-115(105,106)112-91-94(113-97(102)85-82-79-76-73-70-67-62-27-24-21-18-15-12-9-6-3)90-108-96(101)84-81-78-75-72-69-66-64-61-59-57-55-53-50-48-41-39-37-35-33-31-29-26-23-20-17-14-11-8-5-2/h9,12,16-21,25-29,32-35,38-41,62,92-94,98-99H,4-8,10-11,13-15,22-24,30-31,36-37,42-61,63-91H2,1-3H3,(H,103,104)(H,105,106)/b12-9-,19-16-,20-17-,21-18-,28-25-,29-26-,34-32-,35-33-,40-38-,41-39-,62-27-. The van der Waals surface area contributed by atoms with Gasteiger partial charge in [0, 0.05) is 19.3 Å². The average molecular weight is 1650 g/mol. The van der Waals surface area contributed by atoms with Crippen LogP contribution in [-0.2, 0) is 55.8 Å². The summed E-state index contributed by atoms with van der Waals surface area (Å²) in [6.07, 6.45) is 111. The zero-order chi connectivity index (χ0) is 83.6. The molecule has 0 rings (SSSR count). The topological polar surface area (TPSA) is 231 Å². The molecule has 0 saturated heterocycles. The van der Waals surface area contributed by atoms with E-state index in [0.29, 0.717) is 19.3 Å². The molecule has 0 aromatic carbocycles. The molecule has 664 valence electrons. The lowest BCUT2D eigenvalue weighted by Gasteiger charge is -2.21. The van der Waals surface area contributed by atoms with E-state index in [9.17, 15) is 43.5 Å². The fourth-order valence-electron chi connectivity index (χ4n) is 12.8.